The number of nitrogens with zero attached hydrogens (tertiary/aromatic N) is 1. The van der Waals surface area contributed by atoms with Crippen LogP contribution < -0.4 is 11.1 Å². The van der Waals surface area contributed by atoms with E-state index in [0.29, 0.717) is 12.0 Å². The van der Waals surface area contributed by atoms with Crippen LogP contribution in [0.25, 0.3) is 10.9 Å². The monoisotopic (exact) mass is 225 g/mol. The highest BCUT2D eigenvalue weighted by Gasteiger charge is 2.35. The quantitative estimate of drug-likeness (QED) is 0.723. The third kappa shape index (κ3) is 1.17. The molecule has 86 valence electrons. The first-order valence-corrected chi connectivity index (χ1v) is 6.26. The summed E-state index contributed by atoms with van der Waals surface area (Å²) in [5.74, 6) is 0.557. The third-order valence-electron chi connectivity index (χ3n) is 4.15. The van der Waals surface area contributed by atoms with Gasteiger partial charge in [-0.3, -0.25) is 4.98 Å². The van der Waals surface area contributed by atoms with Gasteiger partial charge in [-0.05, 0) is 18.9 Å². The first-order chi connectivity index (χ1) is 8.34. The summed E-state index contributed by atoms with van der Waals surface area (Å²) < 4.78 is 0. The van der Waals surface area contributed by atoms with E-state index in [0.717, 1.165) is 23.1 Å². The molecule has 1 saturated heterocycles. The Bertz CT molecular complexity index is 598. The third-order valence-corrected chi connectivity index (χ3v) is 4.15. The maximum absolute atomic E-state index is 6.35. The molecular weight excluding hydrogens is 210 g/mol. The number of nitrogens with two attached hydrogens (primary N) is 1. The van der Waals surface area contributed by atoms with E-state index in [9.17, 15) is 0 Å². The van der Waals surface area contributed by atoms with E-state index in [1.54, 1.807) is 0 Å². The molecule has 2 aliphatic heterocycles. The lowest BCUT2D eigenvalue weighted by Crippen LogP contribution is -2.39. The molecule has 0 saturated carbocycles. The summed E-state index contributed by atoms with van der Waals surface area (Å²) in [5, 5.41) is 4.66. The molecule has 2 atom stereocenters. The summed E-state index contributed by atoms with van der Waals surface area (Å²) in [6, 6.07) is 8.61. The number of anilines is 1. The lowest BCUT2D eigenvalue weighted by atomic mass is 9.78. The van der Waals surface area contributed by atoms with Crippen LogP contribution in [0.2, 0.25) is 0 Å². The van der Waals surface area contributed by atoms with Crippen LogP contribution in [0, 0.1) is 0 Å². The van der Waals surface area contributed by atoms with E-state index in [1.807, 2.05) is 12.1 Å². The van der Waals surface area contributed by atoms with E-state index in [-0.39, 0.29) is 0 Å². The summed E-state index contributed by atoms with van der Waals surface area (Å²) in [7, 11) is 0. The number of nitrogen functional groups attached to an aromatic ring is 1. The number of fused-ring (bicyclic) bond motifs is 3. The summed E-state index contributed by atoms with van der Waals surface area (Å²) >= 11 is 0. The highest BCUT2D eigenvalue weighted by Crippen LogP contribution is 2.44. The molecular formula is C14H15N3. The van der Waals surface area contributed by atoms with Gasteiger partial charge in [0.2, 0.25) is 0 Å². The van der Waals surface area contributed by atoms with Gasteiger partial charge in [0, 0.05) is 35.1 Å². The Hall–Kier alpha value is -1.61. The molecule has 3 heterocycles. The van der Waals surface area contributed by atoms with Crippen LogP contribution >= 0.6 is 0 Å². The fraction of sp³-hybridized carbons (Fsp3) is 0.357. The van der Waals surface area contributed by atoms with Gasteiger partial charge in [0.05, 0.1) is 11.2 Å². The van der Waals surface area contributed by atoms with Gasteiger partial charge in [-0.25, -0.2) is 0 Å². The van der Waals surface area contributed by atoms with Crippen LogP contribution in [0.15, 0.2) is 24.3 Å². The molecule has 2 bridgehead atoms. The molecule has 0 radical (unpaired) electrons. The van der Waals surface area contributed by atoms with Crippen molar-refractivity contribution in [2.45, 2.75) is 24.8 Å². The summed E-state index contributed by atoms with van der Waals surface area (Å²) in [6.07, 6.45) is 2.44. The fourth-order valence-corrected chi connectivity index (χ4v) is 3.29. The van der Waals surface area contributed by atoms with E-state index in [1.165, 1.54) is 24.1 Å². The van der Waals surface area contributed by atoms with Crippen LogP contribution in [0.5, 0.6) is 0 Å². The van der Waals surface area contributed by atoms with Crippen LogP contribution in [0.1, 0.15) is 36.1 Å². The van der Waals surface area contributed by atoms with Gasteiger partial charge in [0.15, 0.2) is 0 Å². The molecule has 3 aliphatic rings. The van der Waals surface area contributed by atoms with Crippen molar-refractivity contribution in [2.24, 2.45) is 0 Å². The minimum atomic E-state index is 0.423. The second-order valence-corrected chi connectivity index (χ2v) is 5.08. The van der Waals surface area contributed by atoms with Crippen molar-refractivity contribution in [1.29, 1.82) is 0 Å². The predicted octanol–water partition coefficient (Wildman–Crippen LogP) is 2.34. The molecule has 1 fully saturated rings. The highest BCUT2D eigenvalue weighted by atomic mass is 15.0. The van der Waals surface area contributed by atoms with E-state index >= 15 is 0 Å². The number of benzene rings is 1. The van der Waals surface area contributed by atoms with E-state index in [2.05, 4.69) is 17.4 Å². The first kappa shape index (κ1) is 9.42. The van der Waals surface area contributed by atoms with E-state index in [4.69, 9.17) is 10.7 Å². The van der Waals surface area contributed by atoms with Crippen molar-refractivity contribution in [3.05, 3.63) is 35.5 Å². The Kier molecular flexibility index (Phi) is 1.77. The normalized spacial score (nSPS) is 26.1. The molecule has 5 rings (SSSR count). The number of hydrogen-bond donors (Lipinski definition) is 2. The Morgan fingerprint density at radius 2 is 2.12 bits per heavy atom. The summed E-state index contributed by atoms with van der Waals surface area (Å²) in [4.78, 5) is 4.84. The molecule has 17 heavy (non-hydrogen) atoms. The first-order valence-electron chi connectivity index (χ1n) is 6.26. The maximum atomic E-state index is 6.35. The highest BCUT2D eigenvalue weighted by molar-refractivity contribution is 5.92. The molecule has 2 unspecified atom stereocenters. The zero-order valence-electron chi connectivity index (χ0n) is 9.61. The number of piperidine rings is 1. The molecule has 0 spiro atoms. The van der Waals surface area contributed by atoms with Gasteiger partial charge in [0.25, 0.3) is 0 Å². The molecule has 0 amide bonds. The van der Waals surface area contributed by atoms with Crippen molar-refractivity contribution in [3.63, 3.8) is 0 Å². The second-order valence-electron chi connectivity index (χ2n) is 5.08. The summed E-state index contributed by atoms with van der Waals surface area (Å²) in [6.45, 7) is 1.06. The van der Waals surface area contributed by atoms with Gasteiger partial charge >= 0.3 is 0 Å². The van der Waals surface area contributed by atoms with Crippen molar-refractivity contribution in [2.75, 3.05) is 12.3 Å². The fourth-order valence-electron chi connectivity index (χ4n) is 3.29. The van der Waals surface area contributed by atoms with Gasteiger partial charge < -0.3 is 11.1 Å². The lowest BCUT2D eigenvalue weighted by Gasteiger charge is -2.39. The van der Waals surface area contributed by atoms with Gasteiger partial charge in [-0.1, -0.05) is 18.2 Å². The average Bonchev–Trinajstić information content (AvgIpc) is 2.40. The van der Waals surface area contributed by atoms with Crippen molar-refractivity contribution in [1.82, 2.24) is 10.3 Å². The smallest absolute Gasteiger partial charge is 0.0726 e. The predicted molar refractivity (Wildman–Crippen MR) is 68.9 cm³/mol. The van der Waals surface area contributed by atoms with Crippen molar-refractivity contribution in [3.8, 4) is 0 Å². The van der Waals surface area contributed by atoms with Crippen LogP contribution in [-0.2, 0) is 0 Å². The Morgan fingerprint density at radius 1 is 1.24 bits per heavy atom. The minimum Gasteiger partial charge on any atom is -0.398 e. The Balaban J connectivity index is 2.10. The zero-order valence-corrected chi connectivity index (χ0v) is 9.61. The number of nitrogens with one attached hydrogen (secondary N) is 1. The second kappa shape index (κ2) is 3.20. The SMILES string of the molecule is Nc1c2c(nc3ccccc13)C1CCC2NC1. The largest absolute Gasteiger partial charge is 0.398 e. The van der Waals surface area contributed by atoms with Gasteiger partial charge in [-0.15, -0.1) is 0 Å². The zero-order chi connectivity index (χ0) is 11.4. The minimum absolute atomic E-state index is 0.423. The average molecular weight is 225 g/mol. The molecule has 3 nitrogen and oxygen atoms in total. The van der Waals surface area contributed by atoms with Crippen molar-refractivity contribution >= 4 is 16.6 Å². The van der Waals surface area contributed by atoms with Gasteiger partial charge in [-0.2, -0.15) is 0 Å². The topological polar surface area (TPSA) is 50.9 Å². The molecule has 3 N–H and O–H groups in total. The van der Waals surface area contributed by atoms with Crippen molar-refractivity contribution < 1.29 is 0 Å². The van der Waals surface area contributed by atoms with Crippen LogP contribution in [0.3, 0.4) is 0 Å². The maximum Gasteiger partial charge on any atom is 0.0726 e. The Morgan fingerprint density at radius 3 is 2.94 bits per heavy atom. The van der Waals surface area contributed by atoms with Gasteiger partial charge in [0.1, 0.15) is 0 Å². The van der Waals surface area contributed by atoms with Crippen LogP contribution in [-0.4, -0.2) is 11.5 Å². The standard InChI is InChI=1S/C14H15N3/c15-13-9-3-1-2-4-10(9)17-14-8-5-6-11(12(13)14)16-7-8/h1-4,8,11,16H,5-7H2,(H2,15,17). The number of para-hydroxylation sites is 1. The van der Waals surface area contributed by atoms with E-state index < -0.39 is 0 Å². The number of aromatic nitrogens is 1. The molecule has 1 aromatic heterocycles. The molecule has 2 aromatic rings. The number of pyridine rings is 1. The number of hydrogen-bond acceptors (Lipinski definition) is 3. The molecule has 1 aromatic carbocycles. The summed E-state index contributed by atoms with van der Waals surface area (Å²) in [5.41, 5.74) is 10.8. The molecule has 1 aliphatic carbocycles. The molecule has 3 heteroatoms. The number of rotatable bonds is 0. The van der Waals surface area contributed by atoms with Crippen LogP contribution in [0.4, 0.5) is 5.69 Å². The lowest BCUT2D eigenvalue weighted by molar-refractivity contribution is 0.333. The Labute approximate surface area is 100 Å².